The molecule has 25 heavy (non-hydrogen) atoms. The second kappa shape index (κ2) is 8.48. The first kappa shape index (κ1) is 18.7. The second-order valence-electron chi connectivity index (χ2n) is 6.92. The van der Waals surface area contributed by atoms with Gasteiger partial charge in [0.15, 0.2) is 0 Å². The molecule has 0 fully saturated rings. The lowest BCUT2D eigenvalue weighted by Gasteiger charge is -2.09. The van der Waals surface area contributed by atoms with Crippen LogP contribution < -0.4 is 5.56 Å². The van der Waals surface area contributed by atoms with E-state index in [0.717, 1.165) is 17.5 Å². The molecule has 0 bridgehead atoms. The molecule has 0 aliphatic carbocycles. The number of hydrogen-bond acceptors (Lipinski definition) is 2. The molecule has 3 heteroatoms. The van der Waals surface area contributed by atoms with Gasteiger partial charge in [-0.15, -0.1) is 0 Å². The summed E-state index contributed by atoms with van der Waals surface area (Å²) in [5.41, 5.74) is 2.81. The number of benzene rings is 1. The van der Waals surface area contributed by atoms with Crippen molar-refractivity contribution in [3.8, 4) is 11.8 Å². The number of carbonyl (C=O) groups excluding carboxylic acids is 1. The zero-order chi connectivity index (χ0) is 18.4. The van der Waals surface area contributed by atoms with E-state index in [2.05, 4.69) is 30.9 Å². The summed E-state index contributed by atoms with van der Waals surface area (Å²) in [7, 11) is 0. The SMILES string of the molecule is CC(=O)CC(C)Cc1ccc(C#Cc2ccn(C(C)C)c(=O)c2)cc1. The highest BCUT2D eigenvalue weighted by molar-refractivity contribution is 5.75. The van der Waals surface area contributed by atoms with Crippen molar-refractivity contribution in [2.75, 3.05) is 0 Å². The number of rotatable bonds is 5. The van der Waals surface area contributed by atoms with E-state index in [0.29, 0.717) is 12.3 Å². The Hall–Kier alpha value is -2.60. The number of Topliss-reactive ketones (excluding diaryl/α,β-unsaturated/α-hetero) is 1. The summed E-state index contributed by atoms with van der Waals surface area (Å²) in [6.07, 6.45) is 3.29. The Balaban J connectivity index is 2.07. The molecule has 0 aliphatic heterocycles. The number of hydrogen-bond donors (Lipinski definition) is 0. The van der Waals surface area contributed by atoms with Crippen molar-refractivity contribution in [1.82, 2.24) is 4.57 Å². The molecular formula is C22H25NO2. The Morgan fingerprint density at radius 3 is 2.24 bits per heavy atom. The van der Waals surface area contributed by atoms with Gasteiger partial charge < -0.3 is 9.36 Å². The third-order valence-corrected chi connectivity index (χ3v) is 4.03. The summed E-state index contributed by atoms with van der Waals surface area (Å²) in [5, 5.41) is 0. The van der Waals surface area contributed by atoms with E-state index < -0.39 is 0 Å². The number of nitrogens with zero attached hydrogens (tertiary/aromatic N) is 1. The third kappa shape index (κ3) is 5.76. The molecule has 0 saturated heterocycles. The van der Waals surface area contributed by atoms with E-state index in [4.69, 9.17) is 0 Å². The van der Waals surface area contributed by atoms with Crippen LogP contribution in [0.2, 0.25) is 0 Å². The Bertz CT molecular complexity index is 848. The van der Waals surface area contributed by atoms with Crippen molar-refractivity contribution in [2.45, 2.75) is 46.6 Å². The fraction of sp³-hybridized carbons (Fsp3) is 0.364. The lowest BCUT2D eigenvalue weighted by molar-refractivity contribution is -0.117. The van der Waals surface area contributed by atoms with Crippen molar-refractivity contribution in [3.05, 3.63) is 69.6 Å². The largest absolute Gasteiger partial charge is 0.313 e. The van der Waals surface area contributed by atoms with Crippen LogP contribution in [0.25, 0.3) is 0 Å². The normalized spacial score (nSPS) is 11.7. The monoisotopic (exact) mass is 335 g/mol. The van der Waals surface area contributed by atoms with E-state index >= 15 is 0 Å². The number of aromatic nitrogens is 1. The first-order valence-electron chi connectivity index (χ1n) is 8.67. The van der Waals surface area contributed by atoms with Gasteiger partial charge in [0.25, 0.3) is 5.56 Å². The van der Waals surface area contributed by atoms with Crippen LogP contribution in [0, 0.1) is 17.8 Å². The summed E-state index contributed by atoms with van der Waals surface area (Å²) < 4.78 is 1.68. The Morgan fingerprint density at radius 2 is 1.68 bits per heavy atom. The molecule has 0 spiro atoms. The van der Waals surface area contributed by atoms with Gasteiger partial charge in [0.2, 0.25) is 0 Å². The Morgan fingerprint density at radius 1 is 1.04 bits per heavy atom. The molecule has 1 atom stereocenters. The molecule has 3 nitrogen and oxygen atoms in total. The van der Waals surface area contributed by atoms with Crippen LogP contribution in [0.15, 0.2) is 47.4 Å². The van der Waals surface area contributed by atoms with Gasteiger partial charge >= 0.3 is 0 Å². The molecule has 0 saturated carbocycles. The van der Waals surface area contributed by atoms with Crippen LogP contribution in [0.1, 0.15) is 56.8 Å². The van der Waals surface area contributed by atoms with Gasteiger partial charge in [0, 0.05) is 35.9 Å². The van der Waals surface area contributed by atoms with Crippen molar-refractivity contribution in [1.29, 1.82) is 0 Å². The molecule has 0 aliphatic rings. The van der Waals surface area contributed by atoms with Crippen molar-refractivity contribution in [3.63, 3.8) is 0 Å². The maximum absolute atomic E-state index is 12.0. The van der Waals surface area contributed by atoms with Gasteiger partial charge in [-0.1, -0.05) is 30.9 Å². The maximum atomic E-state index is 12.0. The minimum Gasteiger partial charge on any atom is -0.313 e. The summed E-state index contributed by atoms with van der Waals surface area (Å²) in [5.74, 6) is 6.72. The molecule has 0 N–H and O–H groups in total. The predicted molar refractivity (Wildman–Crippen MR) is 102 cm³/mol. The zero-order valence-electron chi connectivity index (χ0n) is 15.4. The minimum absolute atomic E-state index is 0.0309. The fourth-order valence-corrected chi connectivity index (χ4v) is 2.83. The quantitative estimate of drug-likeness (QED) is 0.775. The number of carbonyl (C=O) groups is 1. The van der Waals surface area contributed by atoms with E-state index in [1.54, 1.807) is 23.8 Å². The van der Waals surface area contributed by atoms with Gasteiger partial charge in [0.05, 0.1) is 0 Å². The Kier molecular flexibility index (Phi) is 6.36. The average Bonchev–Trinajstić information content (AvgIpc) is 2.53. The number of ketones is 1. The highest BCUT2D eigenvalue weighted by Gasteiger charge is 2.06. The highest BCUT2D eigenvalue weighted by Crippen LogP contribution is 2.13. The van der Waals surface area contributed by atoms with Gasteiger partial charge in [-0.3, -0.25) is 4.79 Å². The Labute approximate surface area is 149 Å². The molecular weight excluding hydrogens is 310 g/mol. The molecule has 1 aromatic carbocycles. The van der Waals surface area contributed by atoms with E-state index in [1.165, 1.54) is 5.56 Å². The summed E-state index contributed by atoms with van der Waals surface area (Å²) in [4.78, 5) is 23.1. The van der Waals surface area contributed by atoms with Crippen LogP contribution >= 0.6 is 0 Å². The lowest BCUT2D eigenvalue weighted by atomic mass is 9.96. The van der Waals surface area contributed by atoms with Gasteiger partial charge in [-0.05, 0) is 56.9 Å². The first-order chi connectivity index (χ1) is 11.8. The summed E-state index contributed by atoms with van der Waals surface area (Å²) in [6.45, 7) is 7.68. The van der Waals surface area contributed by atoms with Crippen molar-refractivity contribution in [2.24, 2.45) is 5.92 Å². The number of pyridine rings is 1. The standard InChI is InChI=1S/C22H25NO2/c1-16(2)23-12-11-21(15-22(23)25)10-7-19-5-8-20(9-6-19)14-17(3)13-18(4)24/h5-6,8-9,11-12,15-17H,13-14H2,1-4H3. The van der Waals surface area contributed by atoms with Crippen LogP contribution in [0.3, 0.4) is 0 Å². The average molecular weight is 335 g/mol. The predicted octanol–water partition coefficient (Wildman–Crippen LogP) is 3.99. The summed E-state index contributed by atoms with van der Waals surface area (Å²) in [6, 6.07) is 11.7. The fourth-order valence-electron chi connectivity index (χ4n) is 2.83. The van der Waals surface area contributed by atoms with Crippen LogP contribution in [0.5, 0.6) is 0 Å². The lowest BCUT2D eigenvalue weighted by Crippen LogP contribution is -2.20. The minimum atomic E-state index is -0.0309. The molecule has 1 heterocycles. The van der Waals surface area contributed by atoms with E-state index in [9.17, 15) is 9.59 Å². The van der Waals surface area contributed by atoms with Gasteiger partial charge in [0.1, 0.15) is 5.78 Å². The molecule has 1 aromatic heterocycles. The molecule has 0 amide bonds. The third-order valence-electron chi connectivity index (χ3n) is 4.03. The smallest absolute Gasteiger partial charge is 0.251 e. The molecule has 2 rings (SSSR count). The van der Waals surface area contributed by atoms with Gasteiger partial charge in [-0.2, -0.15) is 0 Å². The first-order valence-corrected chi connectivity index (χ1v) is 8.67. The van der Waals surface area contributed by atoms with E-state index in [1.807, 2.05) is 32.0 Å². The van der Waals surface area contributed by atoms with Crippen molar-refractivity contribution >= 4 is 5.78 Å². The topological polar surface area (TPSA) is 39.1 Å². The second-order valence-corrected chi connectivity index (χ2v) is 6.92. The zero-order valence-corrected chi connectivity index (χ0v) is 15.4. The molecule has 130 valence electrons. The van der Waals surface area contributed by atoms with Crippen LogP contribution in [-0.2, 0) is 11.2 Å². The van der Waals surface area contributed by atoms with Crippen LogP contribution in [-0.4, -0.2) is 10.4 Å². The van der Waals surface area contributed by atoms with E-state index in [-0.39, 0.29) is 17.4 Å². The van der Waals surface area contributed by atoms with Crippen LogP contribution in [0.4, 0.5) is 0 Å². The van der Waals surface area contributed by atoms with Gasteiger partial charge in [-0.25, -0.2) is 0 Å². The maximum Gasteiger partial charge on any atom is 0.251 e. The molecule has 0 radical (unpaired) electrons. The van der Waals surface area contributed by atoms with Crippen molar-refractivity contribution < 1.29 is 4.79 Å². The summed E-state index contributed by atoms with van der Waals surface area (Å²) >= 11 is 0. The molecule has 1 unspecified atom stereocenters. The highest BCUT2D eigenvalue weighted by atomic mass is 16.1. The molecule has 2 aromatic rings.